The van der Waals surface area contributed by atoms with Gasteiger partial charge in [-0.1, -0.05) is 127 Å². The lowest BCUT2D eigenvalue weighted by Crippen LogP contribution is -1.64. The predicted octanol–water partition coefficient (Wildman–Crippen LogP) is 16.4. The van der Waals surface area contributed by atoms with Crippen molar-refractivity contribution in [2.75, 3.05) is 0 Å². The van der Waals surface area contributed by atoms with Crippen LogP contribution in [0.5, 0.6) is 0 Å². The summed E-state index contributed by atoms with van der Waals surface area (Å²) in [6.45, 7) is 8.44. The number of aromatic nitrogens is 7. The Balaban J connectivity index is 0.000000106. The van der Waals surface area contributed by atoms with E-state index in [-0.39, 0.29) is 0 Å². The molecule has 0 aliphatic heterocycles. The number of H-pyrrole nitrogens is 7. The molecule has 0 aliphatic carbocycles. The minimum absolute atomic E-state index is 1.21. The maximum atomic E-state index is 3.19. The first-order valence-corrected chi connectivity index (χ1v) is 22.6. The molecule has 7 N–H and O–H groups in total. The molecule has 0 atom stereocenters. The van der Waals surface area contributed by atoms with Crippen molar-refractivity contribution >= 4 is 76.3 Å². The summed E-state index contributed by atoms with van der Waals surface area (Å²) in [6.07, 6.45) is 14.0. The highest BCUT2D eigenvalue weighted by Crippen LogP contribution is 2.19. The van der Waals surface area contributed by atoms with E-state index in [0.29, 0.717) is 0 Å². The minimum atomic E-state index is 1.21. The summed E-state index contributed by atoms with van der Waals surface area (Å²) in [6, 6.07) is 64.1. The van der Waals surface area contributed by atoms with Gasteiger partial charge in [0.15, 0.2) is 0 Å². The second-order valence-electron chi connectivity index (χ2n) is 16.3. The van der Waals surface area contributed by atoms with Gasteiger partial charge in [0.1, 0.15) is 0 Å². The van der Waals surface area contributed by atoms with Crippen molar-refractivity contribution in [3.05, 3.63) is 254 Å². The summed E-state index contributed by atoms with van der Waals surface area (Å²) in [5.41, 5.74) is 13.8. The molecule has 0 saturated heterocycles. The topological polar surface area (TPSA) is 111 Å². The van der Waals surface area contributed by atoms with Crippen LogP contribution in [0.15, 0.2) is 231 Å². The number of fused-ring (bicyclic) bond motifs is 7. The fourth-order valence-electron chi connectivity index (χ4n) is 7.85. The lowest BCUT2D eigenvalue weighted by atomic mass is 10.2. The SMILES string of the molecule is Cc1c[nH]c2ccccc12.Cc1c[nH]c2ccccc12.Cc1c[nH]c2ccccc12.Cc1c[nH]c2ccccc12.c1ccc2[nH]ccc2c1.c1ccc2[nH]ccc2c1.c1ccc2[nH]ccc2c1. The first-order chi connectivity index (χ1) is 32.9. The molecule has 67 heavy (non-hydrogen) atoms. The van der Waals surface area contributed by atoms with E-state index in [1.54, 1.807) is 0 Å². The van der Waals surface area contributed by atoms with Crippen molar-refractivity contribution in [3.8, 4) is 0 Å². The van der Waals surface area contributed by atoms with E-state index in [0.717, 1.165) is 0 Å². The number of aryl methyl sites for hydroxylation is 4. The van der Waals surface area contributed by atoms with Crippen LogP contribution in [-0.2, 0) is 0 Å². The molecule has 332 valence electrons. The Kier molecular flexibility index (Phi) is 14.9. The Bertz CT molecular complexity index is 3140. The molecule has 7 aromatic heterocycles. The fourth-order valence-corrected chi connectivity index (χ4v) is 7.85. The van der Waals surface area contributed by atoms with Gasteiger partial charge in [-0.15, -0.1) is 0 Å². The van der Waals surface area contributed by atoms with Gasteiger partial charge in [0.2, 0.25) is 0 Å². The molecule has 7 heteroatoms. The van der Waals surface area contributed by atoms with E-state index in [4.69, 9.17) is 0 Å². The van der Waals surface area contributed by atoms with Crippen molar-refractivity contribution in [2.24, 2.45) is 0 Å². The summed E-state index contributed by atoms with van der Waals surface area (Å²) < 4.78 is 0. The molecule has 0 fully saturated rings. The molecule has 0 aliphatic rings. The lowest BCUT2D eigenvalue weighted by molar-refractivity contribution is 1.43. The number of hydrogen-bond acceptors (Lipinski definition) is 0. The zero-order chi connectivity index (χ0) is 46.2. The molecule has 14 aromatic rings. The number of hydrogen-bond donors (Lipinski definition) is 7. The van der Waals surface area contributed by atoms with Gasteiger partial charge in [0, 0.05) is 104 Å². The highest BCUT2D eigenvalue weighted by Gasteiger charge is 1.97. The van der Waals surface area contributed by atoms with Crippen LogP contribution >= 0.6 is 0 Å². The number of rotatable bonds is 0. The van der Waals surface area contributed by atoms with Crippen LogP contribution in [0, 0.1) is 27.7 Å². The van der Waals surface area contributed by atoms with Crippen molar-refractivity contribution in [1.29, 1.82) is 0 Å². The number of aromatic amines is 7. The summed E-state index contributed by atoms with van der Waals surface area (Å²) >= 11 is 0. The third kappa shape index (κ3) is 11.7. The molecule has 0 unspecified atom stereocenters. The lowest BCUT2D eigenvalue weighted by Gasteiger charge is -1.86. The maximum absolute atomic E-state index is 3.19. The van der Waals surface area contributed by atoms with Gasteiger partial charge < -0.3 is 34.9 Å². The average Bonchev–Trinajstić information content (AvgIpc) is 4.27. The Morgan fingerprint density at radius 2 is 0.418 bits per heavy atom. The van der Waals surface area contributed by atoms with Crippen molar-refractivity contribution in [2.45, 2.75) is 27.7 Å². The smallest absolute Gasteiger partial charge is 0.0456 e. The number of nitrogens with one attached hydrogen (secondary N) is 7. The van der Waals surface area contributed by atoms with E-state index in [9.17, 15) is 0 Å². The molecule has 0 saturated carbocycles. The zero-order valence-electron chi connectivity index (χ0n) is 38.4. The second kappa shape index (κ2) is 22.3. The van der Waals surface area contributed by atoms with Crippen molar-refractivity contribution < 1.29 is 0 Å². The molecule has 0 amide bonds. The van der Waals surface area contributed by atoms with Crippen molar-refractivity contribution in [3.63, 3.8) is 0 Å². The third-order valence-electron chi connectivity index (χ3n) is 11.6. The highest BCUT2D eigenvalue weighted by molar-refractivity contribution is 5.85. The molecule has 7 heterocycles. The number of benzene rings is 7. The third-order valence-corrected chi connectivity index (χ3v) is 11.6. The molecule has 0 spiro atoms. The molecule has 7 aromatic carbocycles. The van der Waals surface area contributed by atoms with Crippen LogP contribution in [0.3, 0.4) is 0 Å². The van der Waals surface area contributed by atoms with E-state index >= 15 is 0 Å². The molecule has 7 nitrogen and oxygen atoms in total. The van der Waals surface area contributed by atoms with Gasteiger partial charge in [0.25, 0.3) is 0 Å². The van der Waals surface area contributed by atoms with Gasteiger partial charge >= 0.3 is 0 Å². The van der Waals surface area contributed by atoms with Crippen LogP contribution in [0.2, 0.25) is 0 Å². The molecular weight excluding hydrogens is 819 g/mol. The molecule has 0 radical (unpaired) electrons. The Labute approximate surface area is 391 Å². The van der Waals surface area contributed by atoms with E-state index in [2.05, 4.69) is 190 Å². The van der Waals surface area contributed by atoms with Crippen LogP contribution in [0.25, 0.3) is 76.3 Å². The first-order valence-electron chi connectivity index (χ1n) is 22.6. The van der Waals surface area contributed by atoms with E-state index in [1.165, 1.54) is 98.6 Å². The zero-order valence-corrected chi connectivity index (χ0v) is 38.4. The van der Waals surface area contributed by atoms with Crippen LogP contribution in [0.4, 0.5) is 0 Å². The molecular formula is C60H57N7. The monoisotopic (exact) mass is 875 g/mol. The average molecular weight is 876 g/mol. The quantitative estimate of drug-likeness (QED) is 0.0788. The second-order valence-corrected chi connectivity index (χ2v) is 16.3. The Morgan fingerprint density at radius 3 is 0.642 bits per heavy atom. The minimum Gasteiger partial charge on any atom is -0.361 e. The summed E-state index contributed by atoms with van der Waals surface area (Å²) in [4.78, 5) is 22.1. The summed E-state index contributed by atoms with van der Waals surface area (Å²) in [7, 11) is 0. The first kappa shape index (κ1) is 44.9. The highest BCUT2D eigenvalue weighted by atomic mass is 14.7. The largest absolute Gasteiger partial charge is 0.361 e. The van der Waals surface area contributed by atoms with Crippen molar-refractivity contribution in [1.82, 2.24) is 34.9 Å². The predicted molar refractivity (Wildman–Crippen MR) is 287 cm³/mol. The molecule has 14 rings (SSSR count). The van der Waals surface area contributed by atoms with Crippen LogP contribution in [-0.4, -0.2) is 34.9 Å². The van der Waals surface area contributed by atoms with Gasteiger partial charge in [-0.05, 0) is 127 Å². The Hall–Kier alpha value is -8.68. The van der Waals surface area contributed by atoms with Crippen LogP contribution < -0.4 is 0 Å². The summed E-state index contributed by atoms with van der Waals surface area (Å²) in [5.74, 6) is 0. The maximum Gasteiger partial charge on any atom is 0.0456 e. The van der Waals surface area contributed by atoms with E-state index < -0.39 is 0 Å². The normalized spacial score (nSPS) is 10.4. The van der Waals surface area contributed by atoms with Gasteiger partial charge in [0.05, 0.1) is 0 Å². The standard InChI is InChI=1S/4C9H9N.3C8H7N/c4*1-7-6-10-9-5-3-2-4-8(7)9;3*1-2-4-8-7(3-1)5-6-9-8/h4*2-6,10H,1H3;3*1-6,9H. The molecule has 0 bridgehead atoms. The number of para-hydroxylation sites is 7. The van der Waals surface area contributed by atoms with Gasteiger partial charge in [-0.3, -0.25) is 0 Å². The summed E-state index contributed by atoms with van der Waals surface area (Å²) in [5, 5.41) is 9.11. The fraction of sp³-hybridized carbons (Fsp3) is 0.0667. The van der Waals surface area contributed by atoms with Gasteiger partial charge in [-0.25, -0.2) is 0 Å². The Morgan fingerprint density at radius 1 is 0.209 bits per heavy atom. The van der Waals surface area contributed by atoms with Gasteiger partial charge in [-0.2, -0.15) is 0 Å². The van der Waals surface area contributed by atoms with E-state index in [1.807, 2.05) is 104 Å². The van der Waals surface area contributed by atoms with Crippen LogP contribution in [0.1, 0.15) is 22.3 Å².